The molecule has 0 aliphatic heterocycles. The highest BCUT2D eigenvalue weighted by Gasteiger charge is 2.17. The van der Waals surface area contributed by atoms with Crippen molar-refractivity contribution in [2.45, 2.75) is 0 Å². The highest BCUT2D eigenvalue weighted by Crippen LogP contribution is 2.21. The van der Waals surface area contributed by atoms with Crippen molar-refractivity contribution in [2.24, 2.45) is 5.84 Å². The van der Waals surface area contributed by atoms with E-state index in [2.05, 4.69) is 10.7 Å². The summed E-state index contributed by atoms with van der Waals surface area (Å²) in [4.78, 5) is 12.0. The number of para-hydroxylation sites is 1. The van der Waals surface area contributed by atoms with Gasteiger partial charge in [0.2, 0.25) is 0 Å². The molecule has 2 aromatic carbocycles. The predicted octanol–water partition coefficient (Wildman–Crippen LogP) is 2.64. The molecule has 0 unspecified atom stereocenters. The molecule has 2 rings (SSSR count). The van der Waals surface area contributed by atoms with E-state index in [0.717, 1.165) is 12.1 Å². The maximum atomic E-state index is 13.5. The van der Waals surface area contributed by atoms with Gasteiger partial charge >= 0.3 is 0 Å². The maximum absolute atomic E-state index is 13.5. The second kappa shape index (κ2) is 5.62. The normalized spacial score (nSPS) is 10.2. The average Bonchev–Trinajstić information content (AvgIpc) is 2.47. The summed E-state index contributed by atoms with van der Waals surface area (Å²) < 4.78 is 39.3. The van der Waals surface area contributed by atoms with E-state index in [4.69, 9.17) is 5.84 Å². The van der Waals surface area contributed by atoms with Crippen LogP contribution in [0.5, 0.6) is 0 Å². The fourth-order valence-corrected chi connectivity index (χ4v) is 1.62. The van der Waals surface area contributed by atoms with E-state index in [9.17, 15) is 18.0 Å². The van der Waals surface area contributed by atoms with Crippen LogP contribution in [-0.4, -0.2) is 5.91 Å². The molecule has 0 spiro atoms. The van der Waals surface area contributed by atoms with Crippen molar-refractivity contribution >= 4 is 17.3 Å². The Labute approximate surface area is 112 Å². The van der Waals surface area contributed by atoms with Crippen molar-refractivity contribution in [3.05, 3.63) is 59.4 Å². The third-order valence-corrected chi connectivity index (χ3v) is 2.61. The minimum Gasteiger partial charge on any atom is -0.323 e. The first-order valence-electron chi connectivity index (χ1n) is 5.55. The molecule has 4 N–H and O–H groups in total. The summed E-state index contributed by atoms with van der Waals surface area (Å²) in [6.45, 7) is 0. The van der Waals surface area contributed by atoms with Crippen LogP contribution in [0, 0.1) is 17.5 Å². The average molecular weight is 281 g/mol. The van der Waals surface area contributed by atoms with Crippen LogP contribution in [0.2, 0.25) is 0 Å². The van der Waals surface area contributed by atoms with Gasteiger partial charge in [0.25, 0.3) is 5.91 Å². The molecular formula is C13H10F3N3O. The lowest BCUT2D eigenvalue weighted by Gasteiger charge is -2.10. The smallest absolute Gasteiger partial charge is 0.257 e. The quantitative estimate of drug-likeness (QED) is 0.460. The highest BCUT2D eigenvalue weighted by molar-refractivity contribution is 6.08. The van der Waals surface area contributed by atoms with Gasteiger partial charge in [0.05, 0.1) is 16.9 Å². The first-order valence-corrected chi connectivity index (χ1v) is 5.55. The van der Waals surface area contributed by atoms with Gasteiger partial charge in [0.1, 0.15) is 0 Å². The maximum Gasteiger partial charge on any atom is 0.257 e. The van der Waals surface area contributed by atoms with E-state index in [1.54, 1.807) is 12.1 Å². The molecule has 0 bridgehead atoms. The molecule has 0 radical (unpaired) electrons. The number of rotatable bonds is 3. The lowest BCUT2D eigenvalue weighted by molar-refractivity contribution is 0.102. The van der Waals surface area contributed by atoms with Gasteiger partial charge in [-0.3, -0.25) is 10.6 Å². The molecule has 0 aliphatic carbocycles. The monoisotopic (exact) mass is 281 g/mol. The zero-order valence-electron chi connectivity index (χ0n) is 10.1. The summed E-state index contributed by atoms with van der Waals surface area (Å²) in [6.07, 6.45) is 0. The highest BCUT2D eigenvalue weighted by atomic mass is 19.2. The number of carbonyl (C=O) groups is 1. The van der Waals surface area contributed by atoms with Crippen molar-refractivity contribution in [3.8, 4) is 0 Å². The Balaban J connectivity index is 2.31. The van der Waals surface area contributed by atoms with Crippen LogP contribution >= 0.6 is 0 Å². The molecular weight excluding hydrogens is 271 g/mol. The number of nitrogen functional groups attached to an aromatic ring is 1. The van der Waals surface area contributed by atoms with Crippen LogP contribution in [0.25, 0.3) is 0 Å². The van der Waals surface area contributed by atoms with E-state index in [0.29, 0.717) is 5.69 Å². The number of hydrogen-bond donors (Lipinski definition) is 3. The van der Waals surface area contributed by atoms with Crippen LogP contribution in [0.1, 0.15) is 10.4 Å². The van der Waals surface area contributed by atoms with Gasteiger partial charge in [-0.15, -0.1) is 0 Å². The van der Waals surface area contributed by atoms with E-state index >= 15 is 0 Å². The molecule has 0 saturated heterocycles. The van der Waals surface area contributed by atoms with E-state index < -0.39 is 29.0 Å². The van der Waals surface area contributed by atoms with E-state index in [1.807, 2.05) is 0 Å². The zero-order chi connectivity index (χ0) is 14.7. The summed E-state index contributed by atoms with van der Waals surface area (Å²) in [5, 5.41) is 2.15. The van der Waals surface area contributed by atoms with Gasteiger partial charge < -0.3 is 10.7 Å². The van der Waals surface area contributed by atoms with Gasteiger partial charge in [-0.05, 0) is 24.3 Å². The topological polar surface area (TPSA) is 67.1 Å². The number of carbonyl (C=O) groups excluding carboxylic acids is 1. The van der Waals surface area contributed by atoms with Gasteiger partial charge in [-0.2, -0.15) is 0 Å². The van der Waals surface area contributed by atoms with Crippen molar-refractivity contribution in [1.29, 1.82) is 0 Å². The second-order valence-electron chi connectivity index (χ2n) is 3.87. The van der Waals surface area contributed by atoms with E-state index in [-0.39, 0.29) is 5.56 Å². The van der Waals surface area contributed by atoms with Crippen molar-refractivity contribution in [3.63, 3.8) is 0 Å². The Kier molecular flexibility index (Phi) is 3.90. The molecule has 0 atom stereocenters. The van der Waals surface area contributed by atoms with Crippen molar-refractivity contribution in [2.75, 3.05) is 10.7 Å². The van der Waals surface area contributed by atoms with Gasteiger partial charge in [0.15, 0.2) is 17.5 Å². The van der Waals surface area contributed by atoms with Gasteiger partial charge in [-0.25, -0.2) is 13.2 Å². The molecule has 4 nitrogen and oxygen atoms in total. The van der Waals surface area contributed by atoms with Gasteiger partial charge in [0, 0.05) is 0 Å². The summed E-state index contributed by atoms with van der Waals surface area (Å²) in [5.41, 5.74) is 2.30. The first kappa shape index (κ1) is 13.9. The second-order valence-corrected chi connectivity index (χ2v) is 3.87. The Morgan fingerprint density at radius 3 is 2.35 bits per heavy atom. The molecule has 0 aliphatic rings. The lowest BCUT2D eigenvalue weighted by Crippen LogP contribution is -2.18. The first-order chi connectivity index (χ1) is 9.54. The number of nitrogens with two attached hydrogens (primary N) is 1. The van der Waals surface area contributed by atoms with Crippen LogP contribution in [0.4, 0.5) is 24.5 Å². The van der Waals surface area contributed by atoms with Crippen molar-refractivity contribution in [1.82, 2.24) is 0 Å². The number of benzene rings is 2. The summed E-state index contributed by atoms with van der Waals surface area (Å²) >= 11 is 0. The molecule has 0 heterocycles. The van der Waals surface area contributed by atoms with Gasteiger partial charge in [-0.1, -0.05) is 12.1 Å². The molecule has 1 amide bonds. The van der Waals surface area contributed by atoms with Crippen LogP contribution in [0.15, 0.2) is 36.4 Å². The summed E-state index contributed by atoms with van der Waals surface area (Å²) in [7, 11) is 0. The molecule has 7 heteroatoms. The molecule has 2 aromatic rings. The molecule has 0 fully saturated rings. The third-order valence-electron chi connectivity index (χ3n) is 2.61. The standard InChI is InChI=1S/C13H10F3N3O/c14-8-5-6-10(12(16)11(8)15)18-13(20)7-3-1-2-4-9(7)19-17/h1-6,19H,17H2,(H,18,20). The minimum atomic E-state index is -1.65. The number of amides is 1. The summed E-state index contributed by atoms with van der Waals surface area (Å²) in [6, 6.07) is 7.87. The summed E-state index contributed by atoms with van der Waals surface area (Å²) in [5.74, 6) is 0.101. The molecule has 20 heavy (non-hydrogen) atoms. The number of anilines is 2. The Morgan fingerprint density at radius 2 is 1.65 bits per heavy atom. The fourth-order valence-electron chi connectivity index (χ4n) is 1.62. The Bertz CT molecular complexity index is 661. The van der Waals surface area contributed by atoms with Crippen LogP contribution < -0.4 is 16.6 Å². The Hall–Kier alpha value is -2.54. The number of hydrazine groups is 1. The zero-order valence-corrected chi connectivity index (χ0v) is 10.1. The largest absolute Gasteiger partial charge is 0.323 e. The molecule has 0 saturated carbocycles. The fraction of sp³-hybridized carbons (Fsp3) is 0. The van der Waals surface area contributed by atoms with Crippen molar-refractivity contribution < 1.29 is 18.0 Å². The minimum absolute atomic E-state index is 0.138. The van der Waals surface area contributed by atoms with Crippen LogP contribution in [0.3, 0.4) is 0 Å². The molecule has 0 aromatic heterocycles. The third kappa shape index (κ3) is 2.57. The molecule has 104 valence electrons. The SMILES string of the molecule is NNc1ccccc1C(=O)Nc1ccc(F)c(F)c1F. The number of halogens is 3. The van der Waals surface area contributed by atoms with E-state index in [1.165, 1.54) is 12.1 Å². The number of hydrogen-bond acceptors (Lipinski definition) is 3. The lowest BCUT2D eigenvalue weighted by atomic mass is 10.1. The Morgan fingerprint density at radius 1 is 0.950 bits per heavy atom. The number of nitrogens with one attached hydrogen (secondary N) is 2. The predicted molar refractivity (Wildman–Crippen MR) is 68.5 cm³/mol. The van der Waals surface area contributed by atoms with Crippen LogP contribution in [-0.2, 0) is 0 Å².